The van der Waals surface area contributed by atoms with E-state index in [0.29, 0.717) is 10.9 Å². The van der Waals surface area contributed by atoms with Crippen LogP contribution >= 0.6 is 0 Å². The fourth-order valence-electron chi connectivity index (χ4n) is 2.19. The predicted octanol–water partition coefficient (Wildman–Crippen LogP) is 1.82. The molecule has 116 valence electrons. The van der Waals surface area contributed by atoms with Crippen LogP contribution in [0.3, 0.4) is 0 Å². The largest absolute Gasteiger partial charge is 0.494 e. The number of hydrogen-bond acceptors (Lipinski definition) is 5. The quantitative estimate of drug-likeness (QED) is 0.687. The van der Waals surface area contributed by atoms with Crippen molar-refractivity contribution in [2.75, 3.05) is 7.11 Å². The zero-order valence-electron chi connectivity index (χ0n) is 12.2. The van der Waals surface area contributed by atoms with Crippen LogP contribution in [0.4, 0.5) is 4.39 Å². The van der Waals surface area contributed by atoms with Crippen molar-refractivity contribution < 1.29 is 13.9 Å². The highest BCUT2D eigenvalue weighted by atomic mass is 19.1. The molecule has 0 aliphatic heterocycles. The van der Waals surface area contributed by atoms with E-state index in [0.717, 1.165) is 10.7 Å². The number of Topliss-reactive ketones (excluding diaryl/α,β-unsaturated/α-hetero) is 1. The van der Waals surface area contributed by atoms with Gasteiger partial charge in [-0.2, -0.15) is 0 Å². The molecule has 0 fully saturated rings. The minimum atomic E-state index is -0.643. The molecule has 2 aromatic carbocycles. The third-order valence-corrected chi connectivity index (χ3v) is 3.40. The molecule has 0 bridgehead atoms. The third kappa shape index (κ3) is 2.80. The number of rotatable bonds is 4. The first-order chi connectivity index (χ1) is 11.1. The van der Waals surface area contributed by atoms with Crippen molar-refractivity contribution in [3.63, 3.8) is 0 Å². The molecule has 1 aromatic heterocycles. The molecule has 3 rings (SSSR count). The van der Waals surface area contributed by atoms with Gasteiger partial charge in [0.25, 0.3) is 5.56 Å². The first-order valence-corrected chi connectivity index (χ1v) is 6.79. The summed E-state index contributed by atoms with van der Waals surface area (Å²) in [5.74, 6) is -1.04. The van der Waals surface area contributed by atoms with Gasteiger partial charge in [-0.25, -0.2) is 9.07 Å². The smallest absolute Gasteiger partial charge is 0.278 e. The Morgan fingerprint density at radius 3 is 2.78 bits per heavy atom. The minimum absolute atomic E-state index is 0.0456. The first kappa shape index (κ1) is 14.8. The van der Waals surface area contributed by atoms with Crippen molar-refractivity contribution in [3.8, 4) is 5.75 Å². The van der Waals surface area contributed by atoms with Gasteiger partial charge in [0, 0.05) is 5.56 Å². The molecule has 0 aliphatic rings. The Balaban J connectivity index is 1.93. The minimum Gasteiger partial charge on any atom is -0.494 e. The molecule has 3 aromatic rings. The van der Waals surface area contributed by atoms with Crippen LogP contribution in [0, 0.1) is 5.82 Å². The van der Waals surface area contributed by atoms with E-state index >= 15 is 0 Å². The van der Waals surface area contributed by atoms with Crippen LogP contribution in [0.5, 0.6) is 5.75 Å². The van der Waals surface area contributed by atoms with Gasteiger partial charge in [0.1, 0.15) is 12.1 Å². The van der Waals surface area contributed by atoms with E-state index in [9.17, 15) is 14.0 Å². The Kier molecular flexibility index (Phi) is 3.84. The number of carbonyl (C=O) groups is 1. The second-order valence-corrected chi connectivity index (χ2v) is 4.84. The average Bonchev–Trinajstić information content (AvgIpc) is 2.57. The summed E-state index contributed by atoms with van der Waals surface area (Å²) < 4.78 is 19.4. The molecule has 6 nitrogen and oxygen atoms in total. The molecule has 0 aliphatic carbocycles. The van der Waals surface area contributed by atoms with Gasteiger partial charge in [0.05, 0.1) is 12.5 Å². The van der Waals surface area contributed by atoms with E-state index in [4.69, 9.17) is 4.74 Å². The fourth-order valence-corrected chi connectivity index (χ4v) is 2.19. The number of methoxy groups -OCH3 is 1. The number of carbonyl (C=O) groups excluding carboxylic acids is 1. The molecule has 0 atom stereocenters. The highest BCUT2D eigenvalue weighted by Gasteiger charge is 2.13. The standard InChI is InChI=1S/C16H12FN3O3/c1-23-15-7-6-10(8-12(15)17)14(21)9-20-16(22)11-4-2-3-5-13(11)18-19-20/h2-8H,9H2,1H3. The monoisotopic (exact) mass is 313 g/mol. The second kappa shape index (κ2) is 5.96. The molecular weight excluding hydrogens is 301 g/mol. The summed E-state index contributed by atoms with van der Waals surface area (Å²) in [6.07, 6.45) is 0. The number of aromatic nitrogens is 3. The maximum Gasteiger partial charge on any atom is 0.278 e. The van der Waals surface area contributed by atoms with Gasteiger partial charge in [0.2, 0.25) is 0 Å². The molecule has 23 heavy (non-hydrogen) atoms. The lowest BCUT2D eigenvalue weighted by Gasteiger charge is -2.06. The Morgan fingerprint density at radius 1 is 1.26 bits per heavy atom. The van der Waals surface area contributed by atoms with Crippen LogP contribution in [0.2, 0.25) is 0 Å². The third-order valence-electron chi connectivity index (χ3n) is 3.40. The summed E-state index contributed by atoms with van der Waals surface area (Å²) >= 11 is 0. The predicted molar refractivity (Wildman–Crippen MR) is 81.1 cm³/mol. The first-order valence-electron chi connectivity index (χ1n) is 6.79. The maximum absolute atomic E-state index is 13.7. The van der Waals surface area contributed by atoms with Gasteiger partial charge < -0.3 is 4.74 Å². The zero-order chi connectivity index (χ0) is 16.4. The lowest BCUT2D eigenvalue weighted by Crippen LogP contribution is -2.27. The molecule has 0 spiro atoms. The lowest BCUT2D eigenvalue weighted by molar-refractivity contribution is 0.0964. The Morgan fingerprint density at radius 2 is 2.04 bits per heavy atom. The summed E-state index contributed by atoms with van der Waals surface area (Å²) in [4.78, 5) is 24.5. The number of nitrogens with zero attached hydrogens (tertiary/aromatic N) is 3. The molecule has 0 amide bonds. The molecule has 0 radical (unpaired) electrons. The molecule has 0 unspecified atom stereocenters. The second-order valence-electron chi connectivity index (χ2n) is 4.84. The number of fused-ring (bicyclic) bond motifs is 1. The van der Waals surface area contributed by atoms with Gasteiger partial charge in [-0.15, -0.1) is 5.10 Å². The van der Waals surface area contributed by atoms with E-state index in [1.807, 2.05) is 0 Å². The topological polar surface area (TPSA) is 74.1 Å². The maximum atomic E-state index is 13.7. The van der Waals surface area contributed by atoms with Gasteiger partial charge in [-0.3, -0.25) is 9.59 Å². The lowest BCUT2D eigenvalue weighted by atomic mass is 10.1. The summed E-state index contributed by atoms with van der Waals surface area (Å²) in [7, 11) is 1.34. The zero-order valence-corrected chi connectivity index (χ0v) is 12.2. The van der Waals surface area contributed by atoms with Crippen molar-refractivity contribution in [1.82, 2.24) is 15.0 Å². The molecular formula is C16H12FN3O3. The van der Waals surface area contributed by atoms with E-state index in [1.54, 1.807) is 24.3 Å². The van der Waals surface area contributed by atoms with E-state index in [-0.39, 0.29) is 17.9 Å². The van der Waals surface area contributed by atoms with E-state index < -0.39 is 17.2 Å². The van der Waals surface area contributed by atoms with Crippen LogP contribution in [0.1, 0.15) is 10.4 Å². The Hall–Kier alpha value is -3.09. The van der Waals surface area contributed by atoms with Crippen LogP contribution < -0.4 is 10.3 Å². The average molecular weight is 313 g/mol. The molecule has 0 saturated heterocycles. The van der Waals surface area contributed by atoms with Gasteiger partial charge in [-0.1, -0.05) is 17.3 Å². The summed E-state index contributed by atoms with van der Waals surface area (Å²) in [6, 6.07) is 10.6. The fraction of sp³-hybridized carbons (Fsp3) is 0.125. The SMILES string of the molecule is COc1ccc(C(=O)Cn2nnc3ccccc3c2=O)cc1F. The van der Waals surface area contributed by atoms with Crippen LogP contribution in [0.15, 0.2) is 47.3 Å². The van der Waals surface area contributed by atoms with E-state index in [1.165, 1.54) is 19.2 Å². The van der Waals surface area contributed by atoms with Crippen molar-refractivity contribution in [2.24, 2.45) is 0 Å². The Labute approximate surface area is 130 Å². The molecule has 0 saturated carbocycles. The number of ketones is 1. The number of benzene rings is 2. The van der Waals surface area contributed by atoms with Gasteiger partial charge >= 0.3 is 0 Å². The van der Waals surface area contributed by atoms with Crippen LogP contribution in [-0.2, 0) is 6.54 Å². The summed E-state index contributed by atoms with van der Waals surface area (Å²) in [5.41, 5.74) is 0.166. The van der Waals surface area contributed by atoms with Crippen LogP contribution in [0.25, 0.3) is 10.9 Å². The highest BCUT2D eigenvalue weighted by molar-refractivity contribution is 5.96. The van der Waals surface area contributed by atoms with Gasteiger partial charge in [-0.05, 0) is 30.3 Å². The molecule has 7 heteroatoms. The number of ether oxygens (including phenoxy) is 1. The highest BCUT2D eigenvalue weighted by Crippen LogP contribution is 2.18. The van der Waals surface area contributed by atoms with Gasteiger partial charge in [0.15, 0.2) is 17.3 Å². The number of halogens is 1. The Bertz CT molecular complexity index is 953. The van der Waals surface area contributed by atoms with E-state index in [2.05, 4.69) is 10.3 Å². The van der Waals surface area contributed by atoms with Crippen molar-refractivity contribution in [2.45, 2.75) is 6.54 Å². The van der Waals surface area contributed by atoms with Crippen molar-refractivity contribution in [1.29, 1.82) is 0 Å². The molecule has 1 heterocycles. The van der Waals surface area contributed by atoms with Crippen molar-refractivity contribution in [3.05, 3.63) is 64.2 Å². The summed E-state index contributed by atoms with van der Waals surface area (Å²) in [5, 5.41) is 8.01. The van der Waals surface area contributed by atoms with Crippen LogP contribution in [-0.4, -0.2) is 27.9 Å². The summed E-state index contributed by atoms with van der Waals surface area (Å²) in [6.45, 7) is -0.317. The van der Waals surface area contributed by atoms with Crippen molar-refractivity contribution >= 4 is 16.7 Å². The number of hydrogen-bond donors (Lipinski definition) is 0. The molecule has 0 N–H and O–H groups in total. The normalized spacial score (nSPS) is 10.7.